The first-order valence-corrected chi connectivity index (χ1v) is 5.93. The second-order valence-electron chi connectivity index (χ2n) is 4.61. The van der Waals surface area contributed by atoms with E-state index < -0.39 is 5.97 Å². The number of carboxylic acids is 1. The highest BCUT2D eigenvalue weighted by Crippen LogP contribution is 2.18. The highest BCUT2D eigenvalue weighted by molar-refractivity contribution is 5.94. The average Bonchev–Trinajstić information content (AvgIpc) is 2.76. The van der Waals surface area contributed by atoms with Crippen LogP contribution >= 0.6 is 0 Å². The third-order valence-electron chi connectivity index (χ3n) is 3.25. The summed E-state index contributed by atoms with van der Waals surface area (Å²) in [4.78, 5) is 22.7. The van der Waals surface area contributed by atoms with Gasteiger partial charge in [0, 0.05) is 12.2 Å². The number of hydrogen-bond donors (Lipinski definition) is 3. The van der Waals surface area contributed by atoms with Crippen LogP contribution < -0.4 is 10.6 Å². The minimum Gasteiger partial charge on any atom is -0.478 e. The predicted molar refractivity (Wildman–Crippen MR) is 67.6 cm³/mol. The van der Waals surface area contributed by atoms with Crippen molar-refractivity contribution in [3.8, 4) is 0 Å². The molecule has 2 atom stereocenters. The van der Waals surface area contributed by atoms with Crippen LogP contribution in [0.1, 0.15) is 17.3 Å². The molecule has 5 nitrogen and oxygen atoms in total. The zero-order chi connectivity index (χ0) is 13.1. The summed E-state index contributed by atoms with van der Waals surface area (Å²) < 4.78 is 0. The lowest BCUT2D eigenvalue weighted by Crippen LogP contribution is -2.27. The molecule has 0 radical (unpaired) electrons. The van der Waals surface area contributed by atoms with Gasteiger partial charge in [-0.2, -0.15) is 0 Å². The lowest BCUT2D eigenvalue weighted by Gasteiger charge is -2.14. The number of nitrogens with one attached hydrogen (secondary N) is 2. The maximum atomic E-state index is 12.0. The van der Waals surface area contributed by atoms with Crippen molar-refractivity contribution in [1.82, 2.24) is 5.32 Å². The van der Waals surface area contributed by atoms with Gasteiger partial charge in [0.2, 0.25) is 5.91 Å². The quantitative estimate of drug-likeness (QED) is 0.750. The van der Waals surface area contributed by atoms with Gasteiger partial charge in [-0.25, -0.2) is 4.79 Å². The maximum Gasteiger partial charge on any atom is 0.335 e. The molecule has 1 aromatic rings. The first kappa shape index (κ1) is 12.6. The summed E-state index contributed by atoms with van der Waals surface area (Å²) in [6, 6.07) is 6.17. The van der Waals surface area contributed by atoms with E-state index in [2.05, 4.69) is 10.6 Å². The Morgan fingerprint density at radius 1 is 1.28 bits per heavy atom. The van der Waals surface area contributed by atoms with E-state index in [0.29, 0.717) is 18.2 Å². The number of hydrogen-bond acceptors (Lipinski definition) is 3. The average molecular weight is 248 g/mol. The number of benzene rings is 1. The molecule has 96 valence electrons. The lowest BCUT2D eigenvalue weighted by molar-refractivity contribution is -0.120. The van der Waals surface area contributed by atoms with Gasteiger partial charge < -0.3 is 15.7 Å². The molecule has 1 amide bonds. The fourth-order valence-corrected chi connectivity index (χ4v) is 2.09. The topological polar surface area (TPSA) is 78.4 Å². The molecular formula is C13H16N2O3. The Balaban J connectivity index is 2.00. The molecule has 1 aliphatic rings. The van der Waals surface area contributed by atoms with E-state index in [1.165, 1.54) is 12.1 Å². The summed E-state index contributed by atoms with van der Waals surface area (Å²) >= 11 is 0. The van der Waals surface area contributed by atoms with Crippen molar-refractivity contribution in [1.29, 1.82) is 0 Å². The van der Waals surface area contributed by atoms with E-state index in [-0.39, 0.29) is 17.4 Å². The minimum absolute atomic E-state index is 0.0180. The zero-order valence-electron chi connectivity index (χ0n) is 10.1. The largest absolute Gasteiger partial charge is 0.478 e. The molecule has 1 aromatic carbocycles. The summed E-state index contributed by atoms with van der Waals surface area (Å²) in [6.07, 6.45) is 0. The van der Waals surface area contributed by atoms with Crippen LogP contribution in [0.15, 0.2) is 24.3 Å². The number of carbonyl (C=O) groups is 2. The van der Waals surface area contributed by atoms with Gasteiger partial charge in [0.15, 0.2) is 0 Å². The van der Waals surface area contributed by atoms with Gasteiger partial charge in [-0.05, 0) is 36.7 Å². The van der Waals surface area contributed by atoms with E-state index in [0.717, 1.165) is 6.54 Å². The number of rotatable bonds is 3. The number of aromatic carboxylic acids is 1. The van der Waals surface area contributed by atoms with Crippen molar-refractivity contribution in [2.45, 2.75) is 6.92 Å². The molecule has 18 heavy (non-hydrogen) atoms. The van der Waals surface area contributed by atoms with Gasteiger partial charge in [-0.1, -0.05) is 6.92 Å². The van der Waals surface area contributed by atoms with Crippen molar-refractivity contribution in [3.05, 3.63) is 29.8 Å². The molecule has 1 saturated heterocycles. The third-order valence-corrected chi connectivity index (χ3v) is 3.25. The molecule has 0 aliphatic carbocycles. The minimum atomic E-state index is -0.971. The monoisotopic (exact) mass is 248 g/mol. The maximum absolute atomic E-state index is 12.0. The molecule has 1 fully saturated rings. The molecule has 0 spiro atoms. The first-order chi connectivity index (χ1) is 8.58. The van der Waals surface area contributed by atoms with Crippen LogP contribution in [0.2, 0.25) is 0 Å². The normalized spacial score (nSPS) is 22.7. The predicted octanol–water partition coefficient (Wildman–Crippen LogP) is 1.18. The number of anilines is 1. The Morgan fingerprint density at radius 3 is 2.44 bits per heavy atom. The van der Waals surface area contributed by atoms with Gasteiger partial charge in [-0.15, -0.1) is 0 Å². The van der Waals surface area contributed by atoms with Gasteiger partial charge in [-0.3, -0.25) is 4.79 Å². The summed E-state index contributed by atoms with van der Waals surface area (Å²) in [7, 11) is 0. The molecule has 0 bridgehead atoms. The highest BCUT2D eigenvalue weighted by Gasteiger charge is 2.29. The van der Waals surface area contributed by atoms with Crippen LogP contribution in [-0.4, -0.2) is 30.1 Å². The van der Waals surface area contributed by atoms with Crippen LogP contribution in [0.4, 0.5) is 5.69 Å². The second-order valence-corrected chi connectivity index (χ2v) is 4.61. The van der Waals surface area contributed by atoms with Crippen molar-refractivity contribution in [3.63, 3.8) is 0 Å². The van der Waals surface area contributed by atoms with Crippen LogP contribution in [-0.2, 0) is 4.79 Å². The third kappa shape index (κ3) is 2.68. The van der Waals surface area contributed by atoms with Crippen molar-refractivity contribution in [2.24, 2.45) is 11.8 Å². The Bertz CT molecular complexity index is 456. The van der Waals surface area contributed by atoms with Gasteiger partial charge >= 0.3 is 5.97 Å². The summed E-state index contributed by atoms with van der Waals surface area (Å²) in [6.45, 7) is 3.59. The molecule has 1 heterocycles. The van der Waals surface area contributed by atoms with E-state index in [9.17, 15) is 9.59 Å². The second kappa shape index (κ2) is 5.18. The molecule has 2 unspecified atom stereocenters. The van der Waals surface area contributed by atoms with Crippen molar-refractivity contribution in [2.75, 3.05) is 18.4 Å². The summed E-state index contributed by atoms with van der Waals surface area (Å²) in [5.41, 5.74) is 0.841. The van der Waals surface area contributed by atoms with Crippen molar-refractivity contribution >= 4 is 17.6 Å². The van der Waals surface area contributed by atoms with E-state index in [1.807, 2.05) is 6.92 Å². The Kier molecular flexibility index (Phi) is 3.62. The molecule has 0 saturated carbocycles. The van der Waals surface area contributed by atoms with E-state index in [1.54, 1.807) is 12.1 Å². The molecule has 0 aromatic heterocycles. The Hall–Kier alpha value is -1.88. The van der Waals surface area contributed by atoms with Crippen LogP contribution in [0, 0.1) is 11.8 Å². The lowest BCUT2D eigenvalue weighted by atomic mass is 9.97. The van der Waals surface area contributed by atoms with Gasteiger partial charge in [0.1, 0.15) is 0 Å². The molecule has 3 N–H and O–H groups in total. The number of amides is 1. The van der Waals surface area contributed by atoms with E-state index >= 15 is 0 Å². The van der Waals surface area contributed by atoms with Crippen LogP contribution in [0.25, 0.3) is 0 Å². The standard InChI is InChI=1S/C13H16N2O3/c1-8-6-14-7-11(8)12(16)15-10-4-2-9(3-5-10)13(17)18/h2-5,8,11,14H,6-7H2,1H3,(H,15,16)(H,17,18). The van der Waals surface area contributed by atoms with Gasteiger partial charge in [0.25, 0.3) is 0 Å². The molecular weight excluding hydrogens is 232 g/mol. The number of carbonyl (C=O) groups excluding carboxylic acids is 1. The SMILES string of the molecule is CC1CNCC1C(=O)Nc1ccc(C(=O)O)cc1. The Labute approximate surface area is 105 Å². The fourth-order valence-electron chi connectivity index (χ4n) is 2.09. The molecule has 5 heteroatoms. The van der Waals surface area contributed by atoms with Crippen LogP contribution in [0.3, 0.4) is 0 Å². The fraction of sp³-hybridized carbons (Fsp3) is 0.385. The Morgan fingerprint density at radius 2 is 1.94 bits per heavy atom. The smallest absolute Gasteiger partial charge is 0.335 e. The zero-order valence-corrected chi connectivity index (χ0v) is 10.1. The summed E-state index contributed by atoms with van der Waals surface area (Å²) in [5, 5.41) is 14.8. The highest BCUT2D eigenvalue weighted by atomic mass is 16.4. The van der Waals surface area contributed by atoms with E-state index in [4.69, 9.17) is 5.11 Å². The van der Waals surface area contributed by atoms with Crippen molar-refractivity contribution < 1.29 is 14.7 Å². The number of carboxylic acid groups (broad SMARTS) is 1. The summed E-state index contributed by atoms with van der Waals surface area (Å²) in [5.74, 6) is -0.690. The first-order valence-electron chi connectivity index (χ1n) is 5.93. The molecule has 1 aliphatic heterocycles. The van der Waals surface area contributed by atoms with Gasteiger partial charge in [0.05, 0.1) is 11.5 Å². The molecule has 2 rings (SSSR count). The van der Waals surface area contributed by atoms with Crippen LogP contribution in [0.5, 0.6) is 0 Å².